The summed E-state index contributed by atoms with van der Waals surface area (Å²) in [5, 5.41) is 4.06. The van der Waals surface area contributed by atoms with Gasteiger partial charge < -0.3 is 9.42 Å². The fourth-order valence-electron chi connectivity index (χ4n) is 2.99. The zero-order valence-electron chi connectivity index (χ0n) is 13.9. The second-order valence-corrected chi connectivity index (χ2v) is 7.24. The van der Waals surface area contributed by atoms with Crippen LogP contribution in [-0.2, 0) is 11.3 Å². The highest BCUT2D eigenvalue weighted by Crippen LogP contribution is 2.22. The van der Waals surface area contributed by atoms with Crippen LogP contribution >= 0.6 is 15.9 Å². The van der Waals surface area contributed by atoms with Crippen LogP contribution in [0.2, 0.25) is 0 Å². The SMILES string of the molecule is CN(C)C(=O)C1CCCN(Cc2nc(-c3ccc(Br)cc3)no2)C1. The quantitative estimate of drug-likeness (QED) is 0.800. The summed E-state index contributed by atoms with van der Waals surface area (Å²) in [6.07, 6.45) is 1.96. The van der Waals surface area contributed by atoms with E-state index in [0.717, 1.165) is 36.0 Å². The summed E-state index contributed by atoms with van der Waals surface area (Å²) in [5.74, 6) is 1.43. The van der Waals surface area contributed by atoms with Gasteiger partial charge in [0.1, 0.15) is 0 Å². The van der Waals surface area contributed by atoms with Crippen LogP contribution in [0.4, 0.5) is 0 Å². The van der Waals surface area contributed by atoms with Crippen molar-refractivity contribution >= 4 is 21.8 Å². The summed E-state index contributed by atoms with van der Waals surface area (Å²) in [7, 11) is 3.62. The molecule has 0 saturated carbocycles. The van der Waals surface area contributed by atoms with Gasteiger partial charge in [0.25, 0.3) is 0 Å². The van der Waals surface area contributed by atoms with E-state index < -0.39 is 0 Å². The number of amides is 1. The maximum atomic E-state index is 12.2. The molecule has 0 bridgehead atoms. The molecule has 1 aromatic heterocycles. The van der Waals surface area contributed by atoms with E-state index in [4.69, 9.17) is 4.52 Å². The van der Waals surface area contributed by atoms with Gasteiger partial charge in [0.05, 0.1) is 12.5 Å². The topological polar surface area (TPSA) is 62.5 Å². The second-order valence-electron chi connectivity index (χ2n) is 6.33. The lowest BCUT2D eigenvalue weighted by Gasteiger charge is -2.32. The fraction of sp³-hybridized carbons (Fsp3) is 0.471. The van der Waals surface area contributed by atoms with Crippen molar-refractivity contribution in [2.75, 3.05) is 27.2 Å². The number of carbonyl (C=O) groups excluding carboxylic acids is 1. The van der Waals surface area contributed by atoms with Crippen LogP contribution < -0.4 is 0 Å². The Morgan fingerprint density at radius 2 is 2.12 bits per heavy atom. The summed E-state index contributed by atoms with van der Waals surface area (Å²) in [6.45, 7) is 2.28. The Bertz CT molecular complexity index is 699. The Balaban J connectivity index is 1.64. The first kappa shape index (κ1) is 17.1. The summed E-state index contributed by atoms with van der Waals surface area (Å²) < 4.78 is 6.40. The maximum Gasteiger partial charge on any atom is 0.241 e. The number of carbonyl (C=O) groups is 1. The Kier molecular flexibility index (Phi) is 5.30. The molecule has 24 heavy (non-hydrogen) atoms. The molecule has 1 fully saturated rings. The first-order valence-electron chi connectivity index (χ1n) is 8.05. The van der Waals surface area contributed by atoms with Gasteiger partial charge in [-0.25, -0.2) is 0 Å². The smallest absolute Gasteiger partial charge is 0.241 e. The third kappa shape index (κ3) is 4.02. The van der Waals surface area contributed by atoms with Crippen LogP contribution in [0.15, 0.2) is 33.3 Å². The first-order valence-corrected chi connectivity index (χ1v) is 8.84. The van der Waals surface area contributed by atoms with Gasteiger partial charge in [0, 0.05) is 30.7 Å². The molecule has 1 aliphatic rings. The van der Waals surface area contributed by atoms with Crippen LogP contribution in [0.3, 0.4) is 0 Å². The van der Waals surface area contributed by atoms with Crippen molar-refractivity contribution in [3.63, 3.8) is 0 Å². The maximum absolute atomic E-state index is 12.2. The number of aromatic nitrogens is 2. The van der Waals surface area contributed by atoms with Gasteiger partial charge in [0.15, 0.2) is 0 Å². The van der Waals surface area contributed by atoms with Gasteiger partial charge in [0.2, 0.25) is 17.6 Å². The molecule has 1 unspecified atom stereocenters. The summed E-state index contributed by atoms with van der Waals surface area (Å²) in [6, 6.07) is 7.80. The number of hydrogen-bond acceptors (Lipinski definition) is 5. The molecule has 2 aromatic rings. The van der Waals surface area contributed by atoms with Crippen LogP contribution in [0.25, 0.3) is 11.4 Å². The minimum absolute atomic E-state index is 0.0580. The lowest BCUT2D eigenvalue weighted by atomic mass is 9.97. The summed E-state index contributed by atoms with van der Waals surface area (Å²) >= 11 is 3.41. The molecule has 1 saturated heterocycles. The van der Waals surface area contributed by atoms with Crippen molar-refractivity contribution in [3.05, 3.63) is 34.6 Å². The average Bonchev–Trinajstić information content (AvgIpc) is 3.03. The Morgan fingerprint density at radius 1 is 1.38 bits per heavy atom. The van der Waals surface area contributed by atoms with Gasteiger partial charge in [-0.1, -0.05) is 21.1 Å². The van der Waals surface area contributed by atoms with Crippen molar-refractivity contribution < 1.29 is 9.32 Å². The molecule has 1 atom stereocenters. The third-order valence-corrected chi connectivity index (χ3v) is 4.75. The number of hydrogen-bond donors (Lipinski definition) is 0. The van der Waals surface area contributed by atoms with Gasteiger partial charge in [-0.15, -0.1) is 0 Å². The molecule has 0 radical (unpaired) electrons. The molecular weight excluding hydrogens is 372 g/mol. The summed E-state index contributed by atoms with van der Waals surface area (Å²) in [5.41, 5.74) is 0.924. The van der Waals surface area contributed by atoms with Crippen LogP contribution in [0.1, 0.15) is 18.7 Å². The minimum Gasteiger partial charge on any atom is -0.349 e. The normalized spacial score (nSPS) is 18.5. The Morgan fingerprint density at radius 3 is 2.83 bits per heavy atom. The highest BCUT2D eigenvalue weighted by Gasteiger charge is 2.27. The molecule has 1 aliphatic heterocycles. The fourth-order valence-corrected chi connectivity index (χ4v) is 3.26. The number of halogens is 1. The first-order chi connectivity index (χ1) is 11.5. The van der Waals surface area contributed by atoms with E-state index in [-0.39, 0.29) is 11.8 Å². The van der Waals surface area contributed by atoms with E-state index in [2.05, 4.69) is 31.0 Å². The van der Waals surface area contributed by atoms with E-state index in [9.17, 15) is 4.79 Å². The van der Waals surface area contributed by atoms with Gasteiger partial charge in [-0.2, -0.15) is 4.98 Å². The number of piperidine rings is 1. The molecule has 1 aromatic carbocycles. The van der Waals surface area contributed by atoms with E-state index in [0.29, 0.717) is 18.3 Å². The monoisotopic (exact) mass is 392 g/mol. The lowest BCUT2D eigenvalue weighted by molar-refractivity contribution is -0.134. The number of nitrogens with zero attached hydrogens (tertiary/aromatic N) is 4. The number of likely N-dealkylation sites (tertiary alicyclic amines) is 1. The number of rotatable bonds is 4. The standard InChI is InChI=1S/C17H21BrN4O2/c1-21(2)17(23)13-4-3-9-22(10-13)11-15-19-16(20-24-15)12-5-7-14(18)8-6-12/h5-8,13H,3-4,9-11H2,1-2H3. The third-order valence-electron chi connectivity index (χ3n) is 4.22. The predicted molar refractivity (Wildman–Crippen MR) is 94.1 cm³/mol. The molecule has 2 heterocycles. The number of benzene rings is 1. The average molecular weight is 393 g/mol. The molecule has 0 aliphatic carbocycles. The highest BCUT2D eigenvalue weighted by atomic mass is 79.9. The molecule has 7 heteroatoms. The molecule has 1 amide bonds. The molecule has 0 spiro atoms. The molecule has 0 N–H and O–H groups in total. The largest absolute Gasteiger partial charge is 0.349 e. The molecular formula is C17H21BrN4O2. The molecule has 3 rings (SSSR count). The Hall–Kier alpha value is -1.73. The van der Waals surface area contributed by atoms with Gasteiger partial charge >= 0.3 is 0 Å². The van der Waals surface area contributed by atoms with E-state index in [1.165, 1.54) is 0 Å². The van der Waals surface area contributed by atoms with E-state index in [1.807, 2.05) is 38.4 Å². The van der Waals surface area contributed by atoms with Crippen molar-refractivity contribution in [2.45, 2.75) is 19.4 Å². The van der Waals surface area contributed by atoms with Gasteiger partial charge in [-0.05, 0) is 43.7 Å². The van der Waals surface area contributed by atoms with E-state index >= 15 is 0 Å². The lowest BCUT2D eigenvalue weighted by Crippen LogP contribution is -2.42. The predicted octanol–water partition coefficient (Wildman–Crippen LogP) is 2.80. The van der Waals surface area contributed by atoms with Crippen molar-refractivity contribution in [2.24, 2.45) is 5.92 Å². The van der Waals surface area contributed by atoms with Crippen molar-refractivity contribution in [1.82, 2.24) is 19.9 Å². The molecule has 6 nitrogen and oxygen atoms in total. The zero-order chi connectivity index (χ0) is 17.1. The van der Waals surface area contributed by atoms with Crippen LogP contribution in [0.5, 0.6) is 0 Å². The van der Waals surface area contributed by atoms with Gasteiger partial charge in [-0.3, -0.25) is 9.69 Å². The second kappa shape index (κ2) is 7.44. The minimum atomic E-state index is 0.0580. The zero-order valence-corrected chi connectivity index (χ0v) is 15.5. The summed E-state index contributed by atoms with van der Waals surface area (Å²) in [4.78, 5) is 20.5. The van der Waals surface area contributed by atoms with Crippen molar-refractivity contribution in [3.8, 4) is 11.4 Å². The van der Waals surface area contributed by atoms with Crippen LogP contribution in [0, 0.1) is 5.92 Å². The van der Waals surface area contributed by atoms with Crippen LogP contribution in [-0.4, -0.2) is 53.0 Å². The Labute approximate surface area is 150 Å². The molecule has 128 valence electrons. The highest BCUT2D eigenvalue weighted by molar-refractivity contribution is 9.10. The van der Waals surface area contributed by atoms with E-state index in [1.54, 1.807) is 4.90 Å². The van der Waals surface area contributed by atoms with Crippen molar-refractivity contribution in [1.29, 1.82) is 0 Å².